The summed E-state index contributed by atoms with van der Waals surface area (Å²) in [5.41, 5.74) is 0.768. The molecular weight excluding hydrogens is 358 g/mol. The largest absolute Gasteiger partial charge is 0.497 e. The molecular formula is C19H22ClNO3S. The van der Waals surface area contributed by atoms with E-state index in [0.717, 1.165) is 29.4 Å². The number of amides is 1. The number of benzene rings is 2. The summed E-state index contributed by atoms with van der Waals surface area (Å²) in [5.74, 6) is 2.42. The summed E-state index contributed by atoms with van der Waals surface area (Å²) in [4.78, 5) is 12.2. The van der Waals surface area contributed by atoms with Crippen molar-refractivity contribution < 1.29 is 14.3 Å². The Labute approximate surface area is 157 Å². The van der Waals surface area contributed by atoms with Gasteiger partial charge in [-0.3, -0.25) is 4.79 Å². The fourth-order valence-corrected chi connectivity index (χ4v) is 3.01. The number of hydrogen-bond acceptors (Lipinski definition) is 4. The quantitative estimate of drug-likeness (QED) is 0.631. The van der Waals surface area contributed by atoms with Crippen LogP contribution in [0.3, 0.4) is 0 Å². The zero-order chi connectivity index (χ0) is 18.1. The Morgan fingerprint density at radius 2 is 1.76 bits per heavy atom. The smallest absolute Gasteiger partial charge is 0.237 e. The number of carbonyl (C=O) groups excluding carboxylic acids is 1. The van der Waals surface area contributed by atoms with E-state index in [4.69, 9.17) is 21.1 Å². The summed E-state index contributed by atoms with van der Waals surface area (Å²) >= 11 is 7.44. The molecule has 4 nitrogen and oxygen atoms in total. The molecule has 134 valence electrons. The molecule has 6 heteroatoms. The van der Waals surface area contributed by atoms with E-state index in [1.54, 1.807) is 31.0 Å². The van der Waals surface area contributed by atoms with Crippen molar-refractivity contribution in [3.8, 4) is 11.5 Å². The van der Waals surface area contributed by atoms with Crippen molar-refractivity contribution in [3.05, 3.63) is 53.6 Å². The Hall–Kier alpha value is -1.85. The highest BCUT2D eigenvalue weighted by molar-refractivity contribution is 8.00. The molecule has 2 aromatic carbocycles. The second-order valence-electron chi connectivity index (χ2n) is 5.39. The van der Waals surface area contributed by atoms with Crippen LogP contribution in [0.15, 0.2) is 48.5 Å². The predicted octanol–water partition coefficient (Wildman–Crippen LogP) is 4.88. The Kier molecular flexibility index (Phi) is 7.95. The van der Waals surface area contributed by atoms with E-state index in [2.05, 4.69) is 5.32 Å². The molecule has 0 heterocycles. The van der Waals surface area contributed by atoms with Gasteiger partial charge in [0.05, 0.1) is 19.0 Å². The predicted molar refractivity (Wildman–Crippen MR) is 105 cm³/mol. The first-order valence-corrected chi connectivity index (χ1v) is 9.46. The molecule has 1 atom stereocenters. The lowest BCUT2D eigenvalue weighted by Crippen LogP contribution is -2.22. The minimum absolute atomic E-state index is 0.00575. The van der Waals surface area contributed by atoms with Crippen molar-refractivity contribution in [2.45, 2.75) is 18.6 Å². The molecule has 0 bridgehead atoms. The van der Waals surface area contributed by atoms with Crippen molar-refractivity contribution >= 4 is 35.0 Å². The van der Waals surface area contributed by atoms with Crippen LogP contribution >= 0.6 is 23.4 Å². The van der Waals surface area contributed by atoms with Crippen molar-refractivity contribution in [1.82, 2.24) is 0 Å². The van der Waals surface area contributed by atoms with Crippen molar-refractivity contribution in [2.24, 2.45) is 0 Å². The zero-order valence-corrected chi connectivity index (χ0v) is 15.9. The third-order valence-corrected chi connectivity index (χ3v) is 4.96. The van der Waals surface area contributed by atoms with Gasteiger partial charge in [-0.25, -0.2) is 0 Å². The van der Waals surface area contributed by atoms with Crippen LogP contribution in [0, 0.1) is 0 Å². The molecule has 1 N–H and O–H groups in total. The number of hydrogen-bond donors (Lipinski definition) is 1. The Bertz CT molecular complexity index is 661. The highest BCUT2D eigenvalue weighted by atomic mass is 35.5. The van der Waals surface area contributed by atoms with Gasteiger partial charge in [-0.05, 0) is 67.6 Å². The molecule has 0 aromatic heterocycles. The summed E-state index contributed by atoms with van der Waals surface area (Å²) in [7, 11) is 1.61. The van der Waals surface area contributed by atoms with Crippen LogP contribution in [0.5, 0.6) is 11.5 Å². The van der Waals surface area contributed by atoms with Crippen LogP contribution in [0.4, 0.5) is 5.69 Å². The molecule has 2 aromatic rings. The molecule has 2 rings (SSSR count). The Morgan fingerprint density at radius 1 is 1.12 bits per heavy atom. The number of anilines is 1. The molecule has 1 unspecified atom stereocenters. The molecule has 0 aliphatic heterocycles. The lowest BCUT2D eigenvalue weighted by molar-refractivity contribution is -0.115. The number of nitrogens with one attached hydrogen (secondary N) is 1. The summed E-state index contributed by atoms with van der Waals surface area (Å²) in [6.45, 7) is 2.52. The highest BCUT2D eigenvalue weighted by Gasteiger charge is 2.13. The molecule has 0 fully saturated rings. The minimum atomic E-state index is -0.127. The maximum Gasteiger partial charge on any atom is 0.237 e. The third-order valence-electron chi connectivity index (χ3n) is 3.47. The van der Waals surface area contributed by atoms with Crippen LogP contribution in [0.25, 0.3) is 0 Å². The Morgan fingerprint density at radius 3 is 2.40 bits per heavy atom. The number of ether oxygens (including phenoxy) is 2. The zero-order valence-electron chi connectivity index (χ0n) is 14.3. The molecule has 0 radical (unpaired) electrons. The molecule has 0 aliphatic carbocycles. The van der Waals surface area contributed by atoms with E-state index in [1.807, 2.05) is 43.3 Å². The monoisotopic (exact) mass is 379 g/mol. The van der Waals surface area contributed by atoms with Crippen molar-refractivity contribution in [2.75, 3.05) is 24.8 Å². The van der Waals surface area contributed by atoms with E-state index in [0.29, 0.717) is 11.6 Å². The minimum Gasteiger partial charge on any atom is -0.497 e. The van der Waals surface area contributed by atoms with Crippen molar-refractivity contribution in [1.29, 1.82) is 0 Å². The number of rotatable bonds is 9. The topological polar surface area (TPSA) is 47.6 Å². The molecule has 1 amide bonds. The highest BCUT2D eigenvalue weighted by Crippen LogP contribution is 2.19. The molecule has 0 saturated heterocycles. The summed E-state index contributed by atoms with van der Waals surface area (Å²) < 4.78 is 10.7. The molecule has 0 spiro atoms. The number of methoxy groups -OCH3 is 1. The van der Waals surface area contributed by atoms with E-state index >= 15 is 0 Å². The van der Waals surface area contributed by atoms with Crippen molar-refractivity contribution in [3.63, 3.8) is 0 Å². The maximum absolute atomic E-state index is 12.2. The van der Waals surface area contributed by atoms with E-state index in [9.17, 15) is 4.79 Å². The van der Waals surface area contributed by atoms with E-state index < -0.39 is 0 Å². The van der Waals surface area contributed by atoms with Gasteiger partial charge in [0.2, 0.25) is 5.91 Å². The molecule has 25 heavy (non-hydrogen) atoms. The van der Waals surface area contributed by atoms with Gasteiger partial charge in [0.25, 0.3) is 0 Å². The number of thioether (sulfide) groups is 1. The lowest BCUT2D eigenvalue weighted by atomic mass is 10.3. The SMILES string of the molecule is COc1ccc(NC(=O)C(C)SCCCOc2ccc(Cl)cc2)cc1. The second kappa shape index (κ2) is 10.2. The number of carbonyl (C=O) groups is 1. The fraction of sp³-hybridized carbons (Fsp3) is 0.316. The van der Waals surface area contributed by atoms with Crippen LogP contribution in [0.2, 0.25) is 5.02 Å². The van der Waals surface area contributed by atoms with Crippen LogP contribution in [0.1, 0.15) is 13.3 Å². The Balaban J connectivity index is 1.64. The fourth-order valence-electron chi connectivity index (χ4n) is 2.03. The van der Waals surface area contributed by atoms with Gasteiger partial charge >= 0.3 is 0 Å². The van der Waals surface area contributed by atoms with Gasteiger partial charge in [0, 0.05) is 10.7 Å². The van der Waals surface area contributed by atoms with Gasteiger partial charge in [0.15, 0.2) is 0 Å². The first-order chi connectivity index (χ1) is 12.1. The summed E-state index contributed by atoms with van der Waals surface area (Å²) in [6, 6.07) is 14.6. The van der Waals surface area contributed by atoms with E-state index in [-0.39, 0.29) is 11.2 Å². The van der Waals surface area contributed by atoms with Gasteiger partial charge in [-0.2, -0.15) is 0 Å². The molecule has 0 aliphatic rings. The van der Waals surface area contributed by atoms with E-state index in [1.165, 1.54) is 0 Å². The van der Waals surface area contributed by atoms with Crippen LogP contribution in [-0.4, -0.2) is 30.6 Å². The first-order valence-electron chi connectivity index (χ1n) is 8.03. The van der Waals surface area contributed by atoms with Crippen LogP contribution in [-0.2, 0) is 4.79 Å². The van der Waals surface area contributed by atoms with Gasteiger partial charge in [0.1, 0.15) is 11.5 Å². The summed E-state index contributed by atoms with van der Waals surface area (Å²) in [5, 5.41) is 3.47. The standard InChI is InChI=1S/C19H22ClNO3S/c1-14(19(22)21-16-6-10-17(23-2)11-7-16)25-13-3-12-24-18-8-4-15(20)5-9-18/h4-11,14H,3,12-13H2,1-2H3,(H,21,22). The molecule has 0 saturated carbocycles. The third kappa shape index (κ3) is 6.88. The second-order valence-corrected chi connectivity index (χ2v) is 7.27. The van der Waals surface area contributed by atoms with Gasteiger partial charge in [-0.15, -0.1) is 11.8 Å². The van der Waals surface area contributed by atoms with Gasteiger partial charge in [-0.1, -0.05) is 11.6 Å². The maximum atomic E-state index is 12.2. The normalized spacial score (nSPS) is 11.6. The van der Waals surface area contributed by atoms with Gasteiger partial charge < -0.3 is 14.8 Å². The average Bonchev–Trinajstić information content (AvgIpc) is 2.63. The summed E-state index contributed by atoms with van der Waals surface area (Å²) in [6.07, 6.45) is 0.869. The van der Waals surface area contributed by atoms with Crippen LogP contribution < -0.4 is 14.8 Å². The number of halogens is 1. The first kappa shape index (κ1) is 19.5. The average molecular weight is 380 g/mol. The lowest BCUT2D eigenvalue weighted by Gasteiger charge is -2.12.